The van der Waals surface area contributed by atoms with E-state index >= 15 is 0 Å². The van der Waals surface area contributed by atoms with Gasteiger partial charge < -0.3 is 10.2 Å². The van der Waals surface area contributed by atoms with Crippen LogP contribution in [0.15, 0.2) is 40.9 Å². The Labute approximate surface area is 195 Å². The first-order chi connectivity index (χ1) is 14.5. The molecule has 3 nitrogen and oxygen atoms in total. The Morgan fingerprint density at radius 1 is 1.10 bits per heavy atom. The minimum absolute atomic E-state index is 0.408. The Morgan fingerprint density at radius 2 is 1.80 bits per heavy atom. The highest BCUT2D eigenvalue weighted by atomic mass is 79.9. The van der Waals surface area contributed by atoms with Gasteiger partial charge in [0.05, 0.1) is 0 Å². The van der Waals surface area contributed by atoms with Crippen LogP contribution in [0.2, 0.25) is 5.02 Å². The molecule has 2 aromatic rings. The lowest BCUT2D eigenvalue weighted by Crippen LogP contribution is -2.40. The molecule has 0 fully saturated rings. The molecule has 0 radical (unpaired) electrons. The molecule has 5 heteroatoms. The van der Waals surface area contributed by atoms with Crippen LogP contribution in [0.25, 0.3) is 0 Å². The van der Waals surface area contributed by atoms with E-state index in [1.54, 1.807) is 0 Å². The fourth-order valence-corrected chi connectivity index (χ4v) is 4.86. The highest BCUT2D eigenvalue weighted by Gasteiger charge is 2.22. The number of hydrogen-bond acceptors (Lipinski definition) is 2. The first-order valence-corrected chi connectivity index (χ1v) is 12.2. The van der Waals surface area contributed by atoms with Crippen molar-refractivity contribution in [2.24, 2.45) is 0 Å². The van der Waals surface area contributed by atoms with E-state index in [1.807, 2.05) is 25.2 Å². The van der Waals surface area contributed by atoms with Gasteiger partial charge in [-0.2, -0.15) is 0 Å². The molecular formula is C25H35BrClN3. The fraction of sp³-hybridized carbons (Fsp3) is 0.480. The van der Waals surface area contributed by atoms with E-state index in [-0.39, 0.29) is 0 Å². The minimum Gasteiger partial charge on any atom is -0.388 e. The summed E-state index contributed by atoms with van der Waals surface area (Å²) in [5.41, 5.74) is 4.40. The predicted octanol–water partition coefficient (Wildman–Crippen LogP) is 7.55. The summed E-state index contributed by atoms with van der Waals surface area (Å²) >= 11 is 10.2. The summed E-state index contributed by atoms with van der Waals surface area (Å²) in [5.74, 6) is 0.602. The SMILES string of the molecule is CCCC(CCC)N(CC)C(=N)c1cccc(Cl)c1CCc1cc(Br)ccc1NC. The number of rotatable bonds is 11. The standard InChI is InChI=1S/C25H35BrClN3/c1-5-9-20(10-6-2)30(7-3)25(28)22-11-8-12-23(27)21(22)15-13-18-17-19(26)14-16-24(18)29-4/h8,11-12,14,16-17,20,28-29H,5-7,9-10,13,15H2,1-4H3. The molecule has 164 valence electrons. The summed E-state index contributed by atoms with van der Waals surface area (Å²) in [5, 5.41) is 13.1. The molecule has 0 saturated carbocycles. The number of aryl methyl sites for hydroxylation is 1. The van der Waals surface area contributed by atoms with Gasteiger partial charge in [-0.05, 0) is 68.0 Å². The molecule has 0 unspecified atom stereocenters. The highest BCUT2D eigenvalue weighted by Crippen LogP contribution is 2.28. The third kappa shape index (κ3) is 6.24. The van der Waals surface area contributed by atoms with E-state index in [4.69, 9.17) is 17.0 Å². The van der Waals surface area contributed by atoms with Crippen LogP contribution >= 0.6 is 27.5 Å². The van der Waals surface area contributed by atoms with Gasteiger partial charge in [0.25, 0.3) is 0 Å². The van der Waals surface area contributed by atoms with Crippen LogP contribution in [-0.2, 0) is 12.8 Å². The monoisotopic (exact) mass is 491 g/mol. The predicted molar refractivity (Wildman–Crippen MR) is 135 cm³/mol. The van der Waals surface area contributed by atoms with Crippen LogP contribution in [0, 0.1) is 5.41 Å². The van der Waals surface area contributed by atoms with Gasteiger partial charge in [0.2, 0.25) is 0 Å². The van der Waals surface area contributed by atoms with E-state index in [9.17, 15) is 0 Å². The maximum absolute atomic E-state index is 9.05. The summed E-state index contributed by atoms with van der Waals surface area (Å²) < 4.78 is 1.07. The summed E-state index contributed by atoms with van der Waals surface area (Å²) in [6.07, 6.45) is 6.15. The lowest BCUT2D eigenvalue weighted by Gasteiger charge is -2.34. The summed E-state index contributed by atoms with van der Waals surface area (Å²) in [4.78, 5) is 2.26. The van der Waals surface area contributed by atoms with Crippen molar-refractivity contribution >= 4 is 39.1 Å². The van der Waals surface area contributed by atoms with Crippen LogP contribution in [0.4, 0.5) is 5.69 Å². The molecule has 0 aliphatic heterocycles. The van der Waals surface area contributed by atoms with Gasteiger partial charge in [0, 0.05) is 40.4 Å². The number of benzene rings is 2. The normalized spacial score (nSPS) is 11.0. The third-order valence-corrected chi connectivity index (χ3v) is 6.51. The molecule has 0 aliphatic carbocycles. The Hall–Kier alpha value is -1.52. The number of nitrogens with one attached hydrogen (secondary N) is 2. The molecule has 0 amide bonds. The molecule has 0 bridgehead atoms. The largest absolute Gasteiger partial charge is 0.388 e. The molecule has 0 heterocycles. The lowest BCUT2D eigenvalue weighted by molar-refractivity contribution is 0.286. The topological polar surface area (TPSA) is 39.1 Å². The van der Waals surface area contributed by atoms with Crippen molar-refractivity contribution in [1.82, 2.24) is 4.90 Å². The number of anilines is 1. The van der Waals surface area contributed by atoms with Crippen molar-refractivity contribution in [2.45, 2.75) is 65.3 Å². The number of hydrogen-bond donors (Lipinski definition) is 2. The van der Waals surface area contributed by atoms with Gasteiger partial charge in [-0.25, -0.2) is 0 Å². The maximum atomic E-state index is 9.05. The van der Waals surface area contributed by atoms with Crippen molar-refractivity contribution in [3.05, 3.63) is 62.6 Å². The number of nitrogens with zero attached hydrogens (tertiary/aromatic N) is 1. The summed E-state index contributed by atoms with van der Waals surface area (Å²) in [6, 6.07) is 12.7. The average Bonchev–Trinajstić information content (AvgIpc) is 2.73. The number of halogens is 2. The third-order valence-electron chi connectivity index (χ3n) is 5.67. The second-order valence-corrected chi connectivity index (χ2v) is 9.01. The van der Waals surface area contributed by atoms with Crippen LogP contribution in [0.5, 0.6) is 0 Å². The zero-order chi connectivity index (χ0) is 22.1. The van der Waals surface area contributed by atoms with Crippen molar-refractivity contribution in [3.63, 3.8) is 0 Å². The molecular weight excluding hydrogens is 458 g/mol. The van der Waals surface area contributed by atoms with Crippen LogP contribution in [-0.4, -0.2) is 30.4 Å². The lowest BCUT2D eigenvalue weighted by atomic mass is 9.96. The van der Waals surface area contributed by atoms with Crippen molar-refractivity contribution in [2.75, 3.05) is 18.9 Å². The summed E-state index contributed by atoms with van der Waals surface area (Å²) in [6.45, 7) is 7.44. The zero-order valence-electron chi connectivity index (χ0n) is 18.7. The summed E-state index contributed by atoms with van der Waals surface area (Å²) in [7, 11) is 1.95. The van der Waals surface area contributed by atoms with Crippen LogP contribution in [0.1, 0.15) is 63.1 Å². The maximum Gasteiger partial charge on any atom is 0.128 e. The molecule has 0 aliphatic rings. The average molecular weight is 493 g/mol. The first kappa shape index (κ1) is 24.7. The van der Waals surface area contributed by atoms with Gasteiger partial charge in [0.1, 0.15) is 5.84 Å². The molecule has 2 rings (SSSR count). The van der Waals surface area contributed by atoms with Crippen molar-refractivity contribution in [1.29, 1.82) is 5.41 Å². The molecule has 0 atom stereocenters. The first-order valence-electron chi connectivity index (χ1n) is 11.1. The van der Waals surface area contributed by atoms with Crippen LogP contribution < -0.4 is 5.32 Å². The Morgan fingerprint density at radius 3 is 2.40 bits per heavy atom. The molecule has 0 aromatic heterocycles. The van der Waals surface area contributed by atoms with Gasteiger partial charge in [-0.1, -0.05) is 66.4 Å². The van der Waals surface area contributed by atoms with Gasteiger partial charge in [-0.3, -0.25) is 5.41 Å². The van der Waals surface area contributed by atoms with Crippen molar-refractivity contribution in [3.8, 4) is 0 Å². The molecule has 0 saturated heterocycles. The second kappa shape index (κ2) is 12.4. The molecule has 30 heavy (non-hydrogen) atoms. The van der Waals surface area contributed by atoms with E-state index in [0.29, 0.717) is 11.9 Å². The Kier molecular flexibility index (Phi) is 10.2. The Bertz CT molecular complexity index is 831. The Balaban J connectivity index is 2.33. The number of amidine groups is 1. The van der Waals surface area contributed by atoms with E-state index in [2.05, 4.69) is 65.1 Å². The van der Waals surface area contributed by atoms with E-state index in [0.717, 1.165) is 71.4 Å². The van der Waals surface area contributed by atoms with Gasteiger partial charge in [0.15, 0.2) is 0 Å². The second-order valence-electron chi connectivity index (χ2n) is 7.68. The van der Waals surface area contributed by atoms with Gasteiger partial charge >= 0.3 is 0 Å². The molecule has 2 aromatic carbocycles. The highest BCUT2D eigenvalue weighted by molar-refractivity contribution is 9.10. The van der Waals surface area contributed by atoms with Crippen LogP contribution in [0.3, 0.4) is 0 Å². The van der Waals surface area contributed by atoms with E-state index in [1.165, 1.54) is 5.56 Å². The zero-order valence-corrected chi connectivity index (χ0v) is 21.0. The van der Waals surface area contributed by atoms with E-state index < -0.39 is 0 Å². The van der Waals surface area contributed by atoms with Gasteiger partial charge in [-0.15, -0.1) is 0 Å². The molecule has 2 N–H and O–H groups in total. The van der Waals surface area contributed by atoms with Crippen molar-refractivity contribution < 1.29 is 0 Å². The molecule has 0 spiro atoms. The fourth-order valence-electron chi connectivity index (χ4n) is 4.18. The smallest absolute Gasteiger partial charge is 0.128 e. The minimum atomic E-state index is 0.408. The quantitative estimate of drug-likeness (QED) is 0.251.